The Kier molecular flexibility index (Phi) is 5.98. The molecule has 0 radical (unpaired) electrons. The van der Waals surface area contributed by atoms with Gasteiger partial charge in [-0.15, -0.1) is 12.4 Å². The summed E-state index contributed by atoms with van der Waals surface area (Å²) in [4.78, 5) is 12.6. The number of halogens is 1. The molecule has 1 saturated heterocycles. The van der Waals surface area contributed by atoms with Crippen molar-refractivity contribution in [3.63, 3.8) is 0 Å². The smallest absolute Gasteiger partial charge is 0.165 e. The monoisotopic (exact) mass is 501 g/mol. The predicted octanol–water partition coefficient (Wildman–Crippen LogP) is 5.56. The van der Waals surface area contributed by atoms with Crippen molar-refractivity contribution in [1.29, 1.82) is 0 Å². The highest BCUT2D eigenvalue weighted by Crippen LogP contribution is 2.43. The van der Waals surface area contributed by atoms with E-state index in [-0.39, 0.29) is 17.9 Å². The van der Waals surface area contributed by atoms with Crippen molar-refractivity contribution in [1.82, 2.24) is 14.5 Å². The van der Waals surface area contributed by atoms with E-state index in [1.807, 2.05) is 0 Å². The van der Waals surface area contributed by atoms with Gasteiger partial charge in [0.2, 0.25) is 0 Å². The van der Waals surface area contributed by atoms with Gasteiger partial charge >= 0.3 is 0 Å². The number of morpholine rings is 1. The number of imidazole rings is 1. The molecule has 2 aromatic carbocycles. The molecule has 2 aliphatic carbocycles. The Morgan fingerprint density at radius 3 is 2.36 bits per heavy atom. The van der Waals surface area contributed by atoms with Gasteiger partial charge in [-0.05, 0) is 74.1 Å². The number of aromatic nitrogens is 3. The highest BCUT2D eigenvalue weighted by molar-refractivity contribution is 5.85. The first-order valence-electron chi connectivity index (χ1n) is 12.9. The molecule has 186 valence electrons. The van der Waals surface area contributed by atoms with Crippen molar-refractivity contribution < 1.29 is 4.74 Å². The summed E-state index contributed by atoms with van der Waals surface area (Å²) in [5, 5.41) is 0. The van der Waals surface area contributed by atoms with Crippen molar-refractivity contribution in [2.75, 3.05) is 31.2 Å². The largest absolute Gasteiger partial charge is 0.378 e. The average molecular weight is 502 g/mol. The van der Waals surface area contributed by atoms with Gasteiger partial charge in [-0.2, -0.15) is 0 Å². The summed E-state index contributed by atoms with van der Waals surface area (Å²) >= 11 is 0. The topological polar surface area (TPSA) is 69.2 Å². The maximum atomic E-state index is 6.58. The summed E-state index contributed by atoms with van der Waals surface area (Å²) in [6.07, 6.45) is 5.75. The minimum absolute atomic E-state index is 0. The molecule has 2 saturated carbocycles. The van der Waals surface area contributed by atoms with Crippen LogP contribution in [-0.2, 0) is 10.3 Å². The van der Waals surface area contributed by atoms with E-state index < -0.39 is 0 Å². The number of fused-ring (bicyclic) bond motifs is 1. The molecule has 1 aliphatic heterocycles. The summed E-state index contributed by atoms with van der Waals surface area (Å²) < 4.78 is 7.80. The highest BCUT2D eigenvalue weighted by Gasteiger charge is 2.34. The third-order valence-corrected chi connectivity index (χ3v) is 7.94. The van der Waals surface area contributed by atoms with Gasteiger partial charge in [0.25, 0.3) is 0 Å². The molecule has 3 fully saturated rings. The Bertz CT molecular complexity index is 1380. The molecule has 6 nitrogen and oxygen atoms in total. The van der Waals surface area contributed by atoms with Gasteiger partial charge < -0.3 is 15.4 Å². The van der Waals surface area contributed by atoms with Gasteiger partial charge in [-0.3, -0.25) is 4.57 Å². The fourth-order valence-corrected chi connectivity index (χ4v) is 5.48. The number of pyridine rings is 1. The Morgan fingerprint density at radius 2 is 1.67 bits per heavy atom. The van der Waals surface area contributed by atoms with Gasteiger partial charge in [0.1, 0.15) is 11.3 Å². The first-order valence-corrected chi connectivity index (χ1v) is 12.9. The molecule has 36 heavy (non-hydrogen) atoms. The number of anilines is 1. The maximum Gasteiger partial charge on any atom is 0.165 e. The molecular formula is C29H32ClN5O. The van der Waals surface area contributed by atoms with Gasteiger partial charge in [-0.1, -0.05) is 24.3 Å². The number of rotatable bonds is 5. The van der Waals surface area contributed by atoms with E-state index in [1.165, 1.54) is 30.5 Å². The van der Waals surface area contributed by atoms with Crippen molar-refractivity contribution in [3.8, 4) is 16.9 Å². The molecule has 0 bridgehead atoms. The van der Waals surface area contributed by atoms with Crippen LogP contribution in [0.5, 0.6) is 0 Å². The molecule has 7 rings (SSSR count). The second kappa shape index (κ2) is 9.18. The van der Waals surface area contributed by atoms with Crippen LogP contribution in [0, 0.1) is 0 Å². The summed E-state index contributed by atoms with van der Waals surface area (Å²) in [6.45, 7) is 3.41. The van der Waals surface area contributed by atoms with Crippen LogP contribution in [0.15, 0.2) is 60.7 Å². The molecular weight excluding hydrogens is 470 g/mol. The zero-order valence-electron chi connectivity index (χ0n) is 20.4. The lowest BCUT2D eigenvalue weighted by Crippen LogP contribution is -2.43. The fourth-order valence-electron chi connectivity index (χ4n) is 5.48. The SMILES string of the molecule is Cl.NC1(c2ccc(-n3c(C4CC4)nc4ccc(-c5cccc(N6CCOCC6)c5)nc43)cc2)CCC1. The molecule has 3 heterocycles. The summed E-state index contributed by atoms with van der Waals surface area (Å²) in [7, 11) is 0. The minimum atomic E-state index is -0.147. The van der Waals surface area contributed by atoms with Crippen LogP contribution in [0.3, 0.4) is 0 Å². The number of hydrogen-bond donors (Lipinski definition) is 1. The van der Waals surface area contributed by atoms with Crippen LogP contribution < -0.4 is 10.6 Å². The van der Waals surface area contributed by atoms with E-state index in [4.69, 9.17) is 20.4 Å². The lowest BCUT2D eigenvalue weighted by atomic mass is 9.73. The zero-order valence-corrected chi connectivity index (χ0v) is 21.2. The van der Waals surface area contributed by atoms with Crippen LogP contribution in [0.1, 0.15) is 49.4 Å². The molecule has 0 spiro atoms. The van der Waals surface area contributed by atoms with Gasteiger partial charge in [0.05, 0.1) is 18.9 Å². The lowest BCUT2D eigenvalue weighted by Gasteiger charge is -2.38. The Labute approximate surface area is 217 Å². The second-order valence-corrected chi connectivity index (χ2v) is 10.3. The van der Waals surface area contributed by atoms with Crippen LogP contribution >= 0.6 is 12.4 Å². The van der Waals surface area contributed by atoms with Gasteiger partial charge in [0, 0.05) is 41.5 Å². The summed E-state index contributed by atoms with van der Waals surface area (Å²) in [5.74, 6) is 1.65. The Morgan fingerprint density at radius 1 is 0.889 bits per heavy atom. The number of benzene rings is 2. The molecule has 7 heteroatoms. The highest BCUT2D eigenvalue weighted by atomic mass is 35.5. The third kappa shape index (κ3) is 4.07. The fraction of sp³-hybridized carbons (Fsp3) is 0.379. The van der Waals surface area contributed by atoms with E-state index in [0.717, 1.165) is 73.1 Å². The minimum Gasteiger partial charge on any atom is -0.378 e. The maximum absolute atomic E-state index is 6.58. The Balaban J connectivity index is 0.00000240. The average Bonchev–Trinajstić information content (AvgIpc) is 3.68. The Hall–Kier alpha value is -2.93. The molecule has 2 aromatic heterocycles. The van der Waals surface area contributed by atoms with E-state index >= 15 is 0 Å². The van der Waals surface area contributed by atoms with Gasteiger partial charge in [-0.25, -0.2) is 9.97 Å². The van der Waals surface area contributed by atoms with Crippen molar-refractivity contribution in [2.45, 2.75) is 43.6 Å². The van der Waals surface area contributed by atoms with Crippen LogP contribution in [0.2, 0.25) is 0 Å². The van der Waals surface area contributed by atoms with Crippen molar-refractivity contribution >= 4 is 29.3 Å². The van der Waals surface area contributed by atoms with Crippen molar-refractivity contribution in [2.24, 2.45) is 5.73 Å². The zero-order chi connectivity index (χ0) is 23.4. The molecule has 2 N–H and O–H groups in total. The van der Waals surface area contributed by atoms with E-state index in [0.29, 0.717) is 5.92 Å². The molecule has 4 aromatic rings. The summed E-state index contributed by atoms with van der Waals surface area (Å²) in [5.41, 5.74) is 14.0. The van der Waals surface area contributed by atoms with E-state index in [9.17, 15) is 0 Å². The van der Waals surface area contributed by atoms with E-state index in [2.05, 4.69) is 70.1 Å². The van der Waals surface area contributed by atoms with E-state index in [1.54, 1.807) is 0 Å². The van der Waals surface area contributed by atoms with Crippen LogP contribution in [-0.4, -0.2) is 40.8 Å². The molecule has 0 atom stereocenters. The van der Waals surface area contributed by atoms with Crippen molar-refractivity contribution in [3.05, 3.63) is 72.1 Å². The summed E-state index contributed by atoms with van der Waals surface area (Å²) in [6, 6.07) is 21.7. The molecule has 0 amide bonds. The number of nitrogens with zero attached hydrogens (tertiary/aromatic N) is 4. The predicted molar refractivity (Wildman–Crippen MR) is 146 cm³/mol. The number of ether oxygens (including phenoxy) is 1. The van der Waals surface area contributed by atoms with Crippen LogP contribution in [0.25, 0.3) is 28.1 Å². The molecule has 3 aliphatic rings. The van der Waals surface area contributed by atoms with Gasteiger partial charge in [0.15, 0.2) is 5.65 Å². The second-order valence-electron chi connectivity index (χ2n) is 10.3. The first kappa shape index (κ1) is 23.5. The third-order valence-electron chi connectivity index (χ3n) is 7.94. The number of hydrogen-bond acceptors (Lipinski definition) is 5. The number of nitrogens with two attached hydrogens (primary N) is 1. The lowest BCUT2D eigenvalue weighted by molar-refractivity contribution is 0.122. The normalized spacial score (nSPS) is 19.1. The first-order chi connectivity index (χ1) is 17.2. The molecule has 0 unspecified atom stereocenters. The quantitative estimate of drug-likeness (QED) is 0.387. The van der Waals surface area contributed by atoms with Crippen LogP contribution in [0.4, 0.5) is 5.69 Å². The standard InChI is InChI=1S/C29H31N5O.ClH/c30-29(13-2-14-29)22-7-9-23(10-8-22)34-27(20-5-6-20)32-26-12-11-25(31-28(26)34)21-3-1-4-24(19-21)33-15-17-35-18-16-33;/h1,3-4,7-12,19-20H,2,5-6,13-18,30H2;1H.